The minimum absolute atomic E-state index is 0.178. The van der Waals surface area contributed by atoms with Gasteiger partial charge in [0.05, 0.1) is 13.2 Å². The summed E-state index contributed by atoms with van der Waals surface area (Å²) >= 11 is 0. The molecular weight excluding hydrogens is 285 g/mol. The van der Waals surface area contributed by atoms with Gasteiger partial charge in [-0.2, -0.15) is 0 Å². The van der Waals surface area contributed by atoms with Gasteiger partial charge in [-0.15, -0.1) is 0 Å². The Morgan fingerprint density at radius 2 is 2.00 bits per heavy atom. The van der Waals surface area contributed by atoms with E-state index in [4.69, 9.17) is 9.47 Å². The van der Waals surface area contributed by atoms with Crippen LogP contribution in [0.4, 0.5) is 4.39 Å². The van der Waals surface area contributed by atoms with E-state index in [9.17, 15) is 9.18 Å². The number of carbonyl (C=O) groups is 1. The van der Waals surface area contributed by atoms with E-state index in [-0.39, 0.29) is 18.6 Å². The molecule has 5 heteroatoms. The Balaban J connectivity index is 1.91. The van der Waals surface area contributed by atoms with Gasteiger partial charge < -0.3 is 14.8 Å². The maximum atomic E-state index is 13.0. The van der Waals surface area contributed by atoms with Crippen LogP contribution in [-0.2, 0) is 4.79 Å². The van der Waals surface area contributed by atoms with Crippen molar-refractivity contribution in [2.24, 2.45) is 0 Å². The highest BCUT2D eigenvalue weighted by molar-refractivity contribution is 5.78. The standard InChI is InChI=1S/C17H18FNO3/c1-12(15-8-3-4-9-16(15)21-2)19-17(20)11-22-14-7-5-6-13(18)10-14/h3-10,12H,11H2,1-2H3,(H,19,20). The third-order valence-electron chi connectivity index (χ3n) is 3.15. The largest absolute Gasteiger partial charge is 0.496 e. The Hall–Kier alpha value is -2.56. The lowest BCUT2D eigenvalue weighted by Gasteiger charge is -2.17. The zero-order valence-corrected chi connectivity index (χ0v) is 12.5. The van der Waals surface area contributed by atoms with Crippen LogP contribution in [0.1, 0.15) is 18.5 Å². The molecule has 1 N–H and O–H groups in total. The molecule has 2 aromatic rings. The first-order valence-corrected chi connectivity index (χ1v) is 6.91. The first-order valence-electron chi connectivity index (χ1n) is 6.91. The van der Waals surface area contributed by atoms with Gasteiger partial charge in [-0.1, -0.05) is 24.3 Å². The molecule has 1 unspecified atom stereocenters. The Morgan fingerprint density at radius 3 is 2.73 bits per heavy atom. The summed E-state index contributed by atoms with van der Waals surface area (Å²) < 4.78 is 23.5. The monoisotopic (exact) mass is 303 g/mol. The maximum absolute atomic E-state index is 13.0. The minimum atomic E-state index is -0.403. The molecule has 0 radical (unpaired) electrons. The zero-order valence-electron chi connectivity index (χ0n) is 12.5. The van der Waals surface area contributed by atoms with Crippen LogP contribution in [0.3, 0.4) is 0 Å². The third-order valence-corrected chi connectivity index (χ3v) is 3.15. The fourth-order valence-electron chi connectivity index (χ4n) is 2.09. The van der Waals surface area contributed by atoms with E-state index in [1.165, 1.54) is 18.2 Å². The van der Waals surface area contributed by atoms with Crippen molar-refractivity contribution in [2.45, 2.75) is 13.0 Å². The number of ether oxygens (including phenoxy) is 2. The Morgan fingerprint density at radius 1 is 1.23 bits per heavy atom. The molecule has 0 bridgehead atoms. The number of hydrogen-bond donors (Lipinski definition) is 1. The van der Waals surface area contributed by atoms with E-state index in [0.717, 1.165) is 5.56 Å². The molecule has 0 aliphatic carbocycles. The van der Waals surface area contributed by atoms with Gasteiger partial charge in [0.25, 0.3) is 5.91 Å². The second kappa shape index (κ2) is 7.45. The molecule has 0 aliphatic rings. The third kappa shape index (κ3) is 4.22. The van der Waals surface area contributed by atoms with Crippen LogP contribution < -0.4 is 14.8 Å². The average molecular weight is 303 g/mol. The summed E-state index contributed by atoms with van der Waals surface area (Å²) in [6, 6.07) is 12.9. The number of carbonyl (C=O) groups excluding carboxylic acids is 1. The van der Waals surface area contributed by atoms with Crippen molar-refractivity contribution < 1.29 is 18.7 Å². The van der Waals surface area contributed by atoms with Gasteiger partial charge in [0.15, 0.2) is 6.61 Å². The van der Waals surface area contributed by atoms with Crippen molar-refractivity contribution in [3.63, 3.8) is 0 Å². The predicted octanol–water partition coefficient (Wildman–Crippen LogP) is 3.09. The zero-order chi connectivity index (χ0) is 15.9. The van der Waals surface area contributed by atoms with Gasteiger partial charge in [-0.05, 0) is 25.1 Å². The summed E-state index contributed by atoms with van der Waals surface area (Å²) in [6.45, 7) is 1.68. The molecule has 116 valence electrons. The van der Waals surface area contributed by atoms with E-state index < -0.39 is 5.82 Å². The van der Waals surface area contributed by atoms with Crippen LogP contribution in [0, 0.1) is 5.82 Å². The molecular formula is C17H18FNO3. The molecule has 0 fully saturated rings. The summed E-state index contributed by atoms with van der Waals surface area (Å²) in [5.74, 6) is 0.337. The summed E-state index contributed by atoms with van der Waals surface area (Å²) in [5, 5.41) is 2.82. The molecule has 0 saturated carbocycles. The lowest BCUT2D eigenvalue weighted by molar-refractivity contribution is -0.123. The first kappa shape index (κ1) is 15.8. The van der Waals surface area contributed by atoms with E-state index in [1.807, 2.05) is 31.2 Å². The summed E-state index contributed by atoms with van der Waals surface area (Å²) in [7, 11) is 1.58. The molecule has 0 aliphatic heterocycles. The fraction of sp³-hybridized carbons (Fsp3) is 0.235. The molecule has 2 rings (SSSR count). The first-order chi connectivity index (χ1) is 10.6. The number of halogens is 1. The lowest BCUT2D eigenvalue weighted by atomic mass is 10.1. The van der Waals surface area contributed by atoms with Crippen LogP contribution in [0.2, 0.25) is 0 Å². The van der Waals surface area contributed by atoms with E-state index in [2.05, 4.69) is 5.32 Å². The number of para-hydroxylation sites is 1. The highest BCUT2D eigenvalue weighted by atomic mass is 19.1. The second-order valence-corrected chi connectivity index (χ2v) is 4.78. The number of methoxy groups -OCH3 is 1. The molecule has 0 spiro atoms. The number of amides is 1. The van der Waals surface area contributed by atoms with Crippen LogP contribution in [0.25, 0.3) is 0 Å². The fourth-order valence-corrected chi connectivity index (χ4v) is 2.09. The molecule has 4 nitrogen and oxygen atoms in total. The van der Waals surface area contributed by atoms with Crippen molar-refractivity contribution in [3.05, 3.63) is 59.9 Å². The highest BCUT2D eigenvalue weighted by Gasteiger charge is 2.13. The number of hydrogen-bond acceptors (Lipinski definition) is 3. The maximum Gasteiger partial charge on any atom is 0.258 e. The van der Waals surface area contributed by atoms with Gasteiger partial charge in [-0.25, -0.2) is 4.39 Å². The molecule has 22 heavy (non-hydrogen) atoms. The second-order valence-electron chi connectivity index (χ2n) is 4.78. The van der Waals surface area contributed by atoms with Crippen molar-refractivity contribution in [1.29, 1.82) is 0 Å². The number of rotatable bonds is 6. The van der Waals surface area contributed by atoms with Crippen molar-refractivity contribution in [3.8, 4) is 11.5 Å². The lowest BCUT2D eigenvalue weighted by Crippen LogP contribution is -2.31. The van der Waals surface area contributed by atoms with Gasteiger partial charge in [0, 0.05) is 11.6 Å². The predicted molar refractivity (Wildman–Crippen MR) is 81.4 cm³/mol. The van der Waals surface area contributed by atoms with Crippen molar-refractivity contribution in [2.75, 3.05) is 13.7 Å². The molecule has 2 aromatic carbocycles. The van der Waals surface area contributed by atoms with Crippen molar-refractivity contribution in [1.82, 2.24) is 5.32 Å². The van der Waals surface area contributed by atoms with Crippen LogP contribution in [0.15, 0.2) is 48.5 Å². The van der Waals surface area contributed by atoms with Gasteiger partial charge >= 0.3 is 0 Å². The van der Waals surface area contributed by atoms with E-state index in [0.29, 0.717) is 11.5 Å². The normalized spacial score (nSPS) is 11.6. The van der Waals surface area contributed by atoms with E-state index in [1.54, 1.807) is 13.2 Å². The molecule has 0 saturated heterocycles. The van der Waals surface area contributed by atoms with Gasteiger partial charge in [0.1, 0.15) is 17.3 Å². The van der Waals surface area contributed by atoms with E-state index >= 15 is 0 Å². The number of nitrogens with one attached hydrogen (secondary N) is 1. The van der Waals surface area contributed by atoms with Crippen LogP contribution in [0.5, 0.6) is 11.5 Å². The minimum Gasteiger partial charge on any atom is -0.496 e. The summed E-state index contributed by atoms with van der Waals surface area (Å²) in [6.07, 6.45) is 0. The van der Waals surface area contributed by atoms with Gasteiger partial charge in [0.2, 0.25) is 0 Å². The van der Waals surface area contributed by atoms with Gasteiger partial charge in [-0.3, -0.25) is 4.79 Å². The smallest absolute Gasteiger partial charge is 0.258 e. The van der Waals surface area contributed by atoms with Crippen molar-refractivity contribution >= 4 is 5.91 Å². The molecule has 1 amide bonds. The summed E-state index contributed by atoms with van der Waals surface area (Å²) in [4.78, 5) is 11.9. The number of benzene rings is 2. The Bertz CT molecular complexity index is 645. The quantitative estimate of drug-likeness (QED) is 0.892. The van der Waals surface area contributed by atoms with Crippen LogP contribution in [-0.4, -0.2) is 19.6 Å². The van der Waals surface area contributed by atoms with Crippen LogP contribution >= 0.6 is 0 Å². The highest BCUT2D eigenvalue weighted by Crippen LogP contribution is 2.24. The molecule has 0 heterocycles. The molecule has 1 atom stereocenters. The summed E-state index contributed by atoms with van der Waals surface area (Å²) in [5.41, 5.74) is 0.879. The SMILES string of the molecule is COc1ccccc1C(C)NC(=O)COc1cccc(F)c1. The Kier molecular flexibility index (Phi) is 5.36. The topological polar surface area (TPSA) is 47.6 Å². The molecule has 0 aromatic heterocycles. The Labute approximate surface area is 128 Å². The average Bonchev–Trinajstić information content (AvgIpc) is 2.53.